The van der Waals surface area contributed by atoms with Crippen LogP contribution in [0.5, 0.6) is 0 Å². The largest absolute Gasteiger partial charge is 0.396 e. The summed E-state index contributed by atoms with van der Waals surface area (Å²) in [6.07, 6.45) is 4.94. The van der Waals surface area contributed by atoms with Crippen LogP contribution < -0.4 is 0 Å². The van der Waals surface area contributed by atoms with E-state index in [-0.39, 0.29) is 0 Å². The molecule has 1 aliphatic rings. The van der Waals surface area contributed by atoms with Crippen LogP contribution in [-0.4, -0.2) is 35.7 Å². The molecule has 0 aliphatic heterocycles. The van der Waals surface area contributed by atoms with Gasteiger partial charge in [-0.05, 0) is 32.2 Å². The lowest BCUT2D eigenvalue weighted by Crippen LogP contribution is -2.28. The van der Waals surface area contributed by atoms with Gasteiger partial charge in [-0.15, -0.1) is 0 Å². The lowest BCUT2D eigenvalue weighted by molar-refractivity contribution is 0.217. The van der Waals surface area contributed by atoms with E-state index in [0.29, 0.717) is 6.61 Å². The van der Waals surface area contributed by atoms with Crippen molar-refractivity contribution in [1.29, 1.82) is 0 Å². The average molecular weight is 157 g/mol. The summed E-state index contributed by atoms with van der Waals surface area (Å²) in [5.41, 5.74) is 0. The summed E-state index contributed by atoms with van der Waals surface area (Å²) in [5.74, 6) is 0. The molecule has 0 bridgehead atoms. The van der Waals surface area contributed by atoms with Crippen molar-refractivity contribution < 1.29 is 5.11 Å². The van der Waals surface area contributed by atoms with E-state index < -0.39 is 0 Å². The lowest BCUT2D eigenvalue weighted by atomic mass is 10.3. The van der Waals surface area contributed by atoms with Crippen molar-refractivity contribution in [1.82, 2.24) is 4.90 Å². The van der Waals surface area contributed by atoms with E-state index in [4.69, 9.17) is 5.11 Å². The van der Waals surface area contributed by atoms with Crippen LogP contribution in [0.25, 0.3) is 0 Å². The predicted octanol–water partition coefficient (Wildman–Crippen LogP) is 1.24. The first-order valence-electron chi connectivity index (χ1n) is 4.73. The van der Waals surface area contributed by atoms with E-state index in [1.54, 1.807) is 0 Å². The molecule has 1 rings (SSSR count). The Hall–Kier alpha value is -0.0800. The van der Waals surface area contributed by atoms with Crippen molar-refractivity contribution in [2.24, 2.45) is 0 Å². The first-order chi connectivity index (χ1) is 5.38. The van der Waals surface area contributed by atoms with Crippen molar-refractivity contribution >= 4 is 0 Å². The number of rotatable bonds is 6. The van der Waals surface area contributed by atoms with Crippen LogP contribution in [-0.2, 0) is 0 Å². The van der Waals surface area contributed by atoms with Crippen LogP contribution >= 0.6 is 0 Å². The molecule has 66 valence electrons. The van der Waals surface area contributed by atoms with Crippen LogP contribution in [0.1, 0.15) is 32.6 Å². The number of aliphatic hydroxyl groups excluding tert-OH is 1. The molecule has 1 saturated carbocycles. The molecular weight excluding hydrogens is 138 g/mol. The maximum atomic E-state index is 8.66. The molecule has 0 radical (unpaired) electrons. The molecule has 2 heteroatoms. The quantitative estimate of drug-likeness (QED) is 0.627. The van der Waals surface area contributed by atoms with Gasteiger partial charge < -0.3 is 10.0 Å². The van der Waals surface area contributed by atoms with Gasteiger partial charge in [0.25, 0.3) is 0 Å². The topological polar surface area (TPSA) is 23.5 Å². The van der Waals surface area contributed by atoms with Gasteiger partial charge >= 0.3 is 0 Å². The van der Waals surface area contributed by atoms with Crippen molar-refractivity contribution in [2.75, 3.05) is 19.7 Å². The zero-order valence-electron chi connectivity index (χ0n) is 7.42. The fraction of sp³-hybridized carbons (Fsp3) is 1.00. The highest BCUT2D eigenvalue weighted by atomic mass is 16.3. The molecule has 1 aliphatic carbocycles. The summed E-state index contributed by atoms with van der Waals surface area (Å²) >= 11 is 0. The Morgan fingerprint density at radius 2 is 2.09 bits per heavy atom. The summed E-state index contributed by atoms with van der Waals surface area (Å²) < 4.78 is 0. The zero-order chi connectivity index (χ0) is 8.10. The molecule has 0 aromatic carbocycles. The Kier molecular flexibility index (Phi) is 3.87. The molecule has 0 amide bonds. The molecular formula is C9H19NO. The summed E-state index contributed by atoms with van der Waals surface area (Å²) in [4.78, 5) is 2.51. The third-order valence-corrected chi connectivity index (χ3v) is 2.18. The summed E-state index contributed by atoms with van der Waals surface area (Å²) in [6.45, 7) is 4.86. The van der Waals surface area contributed by atoms with Gasteiger partial charge in [0.05, 0.1) is 0 Å². The van der Waals surface area contributed by atoms with Gasteiger partial charge in [0.15, 0.2) is 0 Å². The van der Waals surface area contributed by atoms with Crippen LogP contribution in [0.15, 0.2) is 0 Å². The minimum absolute atomic E-state index is 0.340. The third kappa shape index (κ3) is 3.21. The molecule has 11 heavy (non-hydrogen) atoms. The van der Waals surface area contributed by atoms with Gasteiger partial charge in [-0.2, -0.15) is 0 Å². The van der Waals surface area contributed by atoms with Crippen LogP contribution in [0.2, 0.25) is 0 Å². The highest BCUT2D eigenvalue weighted by Crippen LogP contribution is 2.26. The Labute approximate surface area is 69.2 Å². The fourth-order valence-corrected chi connectivity index (χ4v) is 1.48. The predicted molar refractivity (Wildman–Crippen MR) is 46.6 cm³/mol. The van der Waals surface area contributed by atoms with E-state index in [9.17, 15) is 0 Å². The van der Waals surface area contributed by atoms with Crippen molar-refractivity contribution in [3.63, 3.8) is 0 Å². The number of nitrogens with zero attached hydrogens (tertiary/aromatic N) is 1. The highest BCUT2D eigenvalue weighted by Gasteiger charge is 2.27. The normalized spacial score (nSPS) is 17.7. The standard InChI is InChI=1S/C9H19NO/c1-2-6-10(7-3-8-11)9-4-5-9/h9,11H,2-8H2,1H3. The lowest BCUT2D eigenvalue weighted by Gasteiger charge is -2.20. The Bertz CT molecular complexity index is 102. The van der Waals surface area contributed by atoms with E-state index in [1.165, 1.54) is 25.8 Å². The van der Waals surface area contributed by atoms with Gasteiger partial charge in [0.1, 0.15) is 0 Å². The van der Waals surface area contributed by atoms with Crippen molar-refractivity contribution in [2.45, 2.75) is 38.6 Å². The Morgan fingerprint density at radius 1 is 1.36 bits per heavy atom. The van der Waals surface area contributed by atoms with E-state index in [1.807, 2.05) is 0 Å². The van der Waals surface area contributed by atoms with Gasteiger partial charge in [0.2, 0.25) is 0 Å². The molecule has 2 nitrogen and oxygen atoms in total. The Balaban J connectivity index is 2.10. The second kappa shape index (κ2) is 4.73. The number of hydrogen-bond acceptors (Lipinski definition) is 2. The Morgan fingerprint density at radius 3 is 2.55 bits per heavy atom. The number of hydrogen-bond donors (Lipinski definition) is 1. The van der Waals surface area contributed by atoms with Gasteiger partial charge in [0, 0.05) is 19.2 Å². The highest BCUT2D eigenvalue weighted by molar-refractivity contribution is 4.83. The van der Waals surface area contributed by atoms with Gasteiger partial charge in [-0.1, -0.05) is 6.92 Å². The molecule has 0 unspecified atom stereocenters. The van der Waals surface area contributed by atoms with Crippen LogP contribution in [0.4, 0.5) is 0 Å². The third-order valence-electron chi connectivity index (χ3n) is 2.18. The summed E-state index contributed by atoms with van der Waals surface area (Å²) in [5, 5.41) is 8.66. The minimum Gasteiger partial charge on any atom is -0.396 e. The molecule has 1 fully saturated rings. The van der Waals surface area contributed by atoms with E-state index >= 15 is 0 Å². The molecule has 1 N–H and O–H groups in total. The molecule has 0 heterocycles. The number of aliphatic hydroxyl groups is 1. The van der Waals surface area contributed by atoms with Gasteiger partial charge in [-0.25, -0.2) is 0 Å². The van der Waals surface area contributed by atoms with E-state index in [2.05, 4.69) is 11.8 Å². The molecule has 0 aromatic rings. The second-order valence-corrected chi connectivity index (χ2v) is 3.34. The molecule has 0 spiro atoms. The maximum Gasteiger partial charge on any atom is 0.0443 e. The summed E-state index contributed by atoms with van der Waals surface area (Å²) in [7, 11) is 0. The van der Waals surface area contributed by atoms with Crippen LogP contribution in [0.3, 0.4) is 0 Å². The first-order valence-corrected chi connectivity index (χ1v) is 4.73. The molecule has 0 saturated heterocycles. The van der Waals surface area contributed by atoms with E-state index in [0.717, 1.165) is 19.0 Å². The summed E-state index contributed by atoms with van der Waals surface area (Å²) in [6, 6.07) is 0.862. The van der Waals surface area contributed by atoms with Crippen molar-refractivity contribution in [3.05, 3.63) is 0 Å². The fourth-order valence-electron chi connectivity index (χ4n) is 1.48. The molecule has 0 atom stereocenters. The smallest absolute Gasteiger partial charge is 0.0443 e. The second-order valence-electron chi connectivity index (χ2n) is 3.34. The zero-order valence-corrected chi connectivity index (χ0v) is 7.42. The van der Waals surface area contributed by atoms with Gasteiger partial charge in [-0.3, -0.25) is 0 Å². The molecule has 0 aromatic heterocycles. The van der Waals surface area contributed by atoms with Crippen LogP contribution in [0, 0.1) is 0 Å². The van der Waals surface area contributed by atoms with Crippen molar-refractivity contribution in [3.8, 4) is 0 Å². The maximum absolute atomic E-state index is 8.66. The first kappa shape index (κ1) is 9.01. The average Bonchev–Trinajstić information content (AvgIpc) is 2.80. The SMILES string of the molecule is CCCN(CCCO)C1CC1. The monoisotopic (exact) mass is 157 g/mol. The minimum atomic E-state index is 0.340.